The number of fused-ring (bicyclic) bond motifs is 1. The second kappa shape index (κ2) is 28.4. The van der Waals surface area contributed by atoms with E-state index in [-0.39, 0.29) is 5.91 Å². The van der Waals surface area contributed by atoms with E-state index in [1.807, 2.05) is 70.2 Å². The number of allylic oxidation sites excluding steroid dienone is 3. The van der Waals surface area contributed by atoms with Crippen LogP contribution in [0.4, 0.5) is 5.69 Å². The Hall–Kier alpha value is -3.57. The fraction of sp³-hybridized carbons (Fsp3) is 0.514. The highest BCUT2D eigenvalue weighted by atomic mass is 16.5. The molecule has 0 aliphatic carbocycles. The van der Waals surface area contributed by atoms with Crippen molar-refractivity contribution < 1.29 is 9.53 Å². The Morgan fingerprint density at radius 2 is 1.62 bits per heavy atom. The standard InChI is InChI=1S/C14H12N2O.C12H24O.C4H5N.C3H8.C2H6/c1-10(17)16(2)14-8-7-11(9-15)12-5-3-4-6-13(12)14;1-5-11(3)9-7-8-10-13-12(4)6-2;1-2-3-4-5;1-3-2;1-2/h3-8H,1-2H3;6,11H,5,7-10H2,1-4H3;2H,1,3H2;3H2,1-2H3;1-2H3/b;12-6+;;;. The molecule has 0 saturated carbocycles. The molecule has 222 valence electrons. The molecule has 0 N–H and O–H groups in total. The van der Waals surface area contributed by atoms with Gasteiger partial charge in [0.2, 0.25) is 5.91 Å². The zero-order valence-corrected chi connectivity index (χ0v) is 27.0. The van der Waals surface area contributed by atoms with Gasteiger partial charge in [-0.1, -0.05) is 97.2 Å². The first-order valence-corrected chi connectivity index (χ1v) is 14.6. The predicted molar refractivity (Wildman–Crippen MR) is 174 cm³/mol. The zero-order chi connectivity index (χ0) is 31.3. The van der Waals surface area contributed by atoms with Gasteiger partial charge in [-0.15, -0.1) is 6.58 Å². The van der Waals surface area contributed by atoms with Gasteiger partial charge in [0.1, 0.15) is 0 Å². The van der Waals surface area contributed by atoms with E-state index in [1.165, 1.54) is 39.0 Å². The Balaban J connectivity index is -0.000000526. The summed E-state index contributed by atoms with van der Waals surface area (Å²) in [6.45, 7) is 22.6. The van der Waals surface area contributed by atoms with Gasteiger partial charge in [0.05, 0.1) is 42.2 Å². The van der Waals surface area contributed by atoms with Gasteiger partial charge >= 0.3 is 0 Å². The molecule has 0 aliphatic rings. The lowest BCUT2D eigenvalue weighted by Gasteiger charge is -2.17. The number of amides is 1. The Kier molecular flexibility index (Phi) is 29.1. The molecule has 5 heteroatoms. The SMILES string of the molecule is C/C=C(\C)OCCCCC(C)CC.C=CCC#N.CC.CC(=O)N(C)c1ccc(C#N)c2ccccc12.CCC. The maximum Gasteiger partial charge on any atom is 0.223 e. The van der Waals surface area contributed by atoms with Crippen LogP contribution < -0.4 is 4.90 Å². The van der Waals surface area contributed by atoms with Crippen molar-refractivity contribution in [3.8, 4) is 12.1 Å². The number of carbonyl (C=O) groups excluding carboxylic acids is 1. The van der Waals surface area contributed by atoms with E-state index in [1.54, 1.807) is 24.1 Å². The van der Waals surface area contributed by atoms with Crippen LogP contribution in [-0.2, 0) is 9.53 Å². The number of unbranched alkanes of at least 4 members (excludes halogenated alkanes) is 1. The van der Waals surface area contributed by atoms with Gasteiger partial charge < -0.3 is 9.64 Å². The number of ether oxygens (including phenoxy) is 1. The molecule has 5 nitrogen and oxygen atoms in total. The lowest BCUT2D eigenvalue weighted by molar-refractivity contribution is -0.116. The van der Waals surface area contributed by atoms with Crippen LogP contribution in [0.2, 0.25) is 0 Å². The van der Waals surface area contributed by atoms with Crippen molar-refractivity contribution in [3.63, 3.8) is 0 Å². The van der Waals surface area contributed by atoms with Crippen LogP contribution in [0.15, 0.2) is 60.9 Å². The molecule has 0 bridgehead atoms. The Morgan fingerprint density at radius 3 is 2.05 bits per heavy atom. The molecule has 0 aromatic heterocycles. The second-order valence-electron chi connectivity index (χ2n) is 8.98. The molecular formula is C35H55N3O2. The highest BCUT2D eigenvalue weighted by Crippen LogP contribution is 2.28. The van der Waals surface area contributed by atoms with E-state index in [2.05, 4.69) is 40.3 Å². The number of nitrogens with zero attached hydrogens (tertiary/aromatic N) is 3. The van der Waals surface area contributed by atoms with Crippen molar-refractivity contribution in [2.45, 2.75) is 101 Å². The Morgan fingerprint density at radius 1 is 1.05 bits per heavy atom. The predicted octanol–water partition coefficient (Wildman–Crippen LogP) is 10.4. The highest BCUT2D eigenvalue weighted by Gasteiger charge is 2.11. The minimum atomic E-state index is -0.0279. The minimum absolute atomic E-state index is 0.0279. The van der Waals surface area contributed by atoms with Crippen molar-refractivity contribution in [2.75, 3.05) is 18.6 Å². The number of hydrogen-bond acceptors (Lipinski definition) is 4. The van der Waals surface area contributed by atoms with Crippen LogP contribution in [0.1, 0.15) is 106 Å². The summed E-state index contributed by atoms with van der Waals surface area (Å²) in [6.07, 6.45) is 10.4. The van der Waals surface area contributed by atoms with E-state index in [0.29, 0.717) is 12.0 Å². The van der Waals surface area contributed by atoms with E-state index in [9.17, 15) is 4.79 Å². The van der Waals surface area contributed by atoms with E-state index in [0.717, 1.165) is 34.7 Å². The maximum atomic E-state index is 11.4. The first kappa shape index (κ1) is 40.9. The van der Waals surface area contributed by atoms with Gasteiger partial charge in [-0.3, -0.25) is 4.79 Å². The number of nitriles is 2. The van der Waals surface area contributed by atoms with Crippen molar-refractivity contribution >= 4 is 22.4 Å². The molecule has 0 heterocycles. The van der Waals surface area contributed by atoms with Crippen LogP contribution >= 0.6 is 0 Å². The largest absolute Gasteiger partial charge is 0.499 e. The number of anilines is 1. The van der Waals surface area contributed by atoms with Crippen molar-refractivity contribution in [2.24, 2.45) is 5.92 Å². The van der Waals surface area contributed by atoms with E-state index < -0.39 is 0 Å². The number of benzene rings is 2. The molecule has 0 aliphatic heterocycles. The first-order valence-electron chi connectivity index (χ1n) is 14.6. The monoisotopic (exact) mass is 549 g/mol. The summed E-state index contributed by atoms with van der Waals surface area (Å²) in [5, 5.41) is 18.6. The smallest absolute Gasteiger partial charge is 0.223 e. The highest BCUT2D eigenvalue weighted by molar-refractivity contribution is 6.04. The zero-order valence-electron chi connectivity index (χ0n) is 27.0. The minimum Gasteiger partial charge on any atom is -0.499 e. The summed E-state index contributed by atoms with van der Waals surface area (Å²) in [4.78, 5) is 13.0. The molecule has 2 aromatic rings. The fourth-order valence-corrected chi connectivity index (χ4v) is 3.02. The van der Waals surface area contributed by atoms with Gasteiger partial charge in [0.25, 0.3) is 0 Å². The summed E-state index contributed by atoms with van der Waals surface area (Å²) in [5.41, 5.74) is 1.45. The third kappa shape index (κ3) is 19.5. The summed E-state index contributed by atoms with van der Waals surface area (Å²) in [5.74, 6) is 1.89. The first-order chi connectivity index (χ1) is 19.2. The Labute approximate surface area is 246 Å². The molecule has 1 atom stereocenters. The average molecular weight is 550 g/mol. The van der Waals surface area contributed by atoms with Crippen molar-refractivity contribution in [3.05, 3.63) is 66.5 Å². The van der Waals surface area contributed by atoms with Crippen LogP contribution in [-0.4, -0.2) is 19.6 Å². The average Bonchev–Trinajstić information content (AvgIpc) is 2.98. The topological polar surface area (TPSA) is 77.1 Å². The van der Waals surface area contributed by atoms with Crippen LogP contribution in [0, 0.1) is 28.6 Å². The van der Waals surface area contributed by atoms with Crippen molar-refractivity contribution in [1.82, 2.24) is 0 Å². The lowest BCUT2D eigenvalue weighted by Crippen LogP contribution is -2.23. The fourth-order valence-electron chi connectivity index (χ4n) is 3.02. The number of hydrogen-bond donors (Lipinski definition) is 0. The summed E-state index contributed by atoms with van der Waals surface area (Å²) < 4.78 is 5.47. The van der Waals surface area contributed by atoms with Gasteiger partial charge in [0, 0.05) is 24.7 Å². The maximum absolute atomic E-state index is 11.4. The number of carbonyl (C=O) groups is 1. The van der Waals surface area contributed by atoms with E-state index in [4.69, 9.17) is 15.3 Å². The van der Waals surface area contributed by atoms with Gasteiger partial charge in [-0.25, -0.2) is 0 Å². The quantitative estimate of drug-likeness (QED) is 0.177. The molecule has 0 saturated heterocycles. The summed E-state index contributed by atoms with van der Waals surface area (Å²) in [7, 11) is 1.73. The van der Waals surface area contributed by atoms with Crippen LogP contribution in [0.5, 0.6) is 0 Å². The third-order valence-electron chi connectivity index (χ3n) is 5.62. The molecule has 1 amide bonds. The Bertz CT molecular complexity index is 1040. The van der Waals surface area contributed by atoms with E-state index >= 15 is 0 Å². The molecule has 40 heavy (non-hydrogen) atoms. The second-order valence-corrected chi connectivity index (χ2v) is 8.98. The lowest BCUT2D eigenvalue weighted by atomic mass is 10.0. The summed E-state index contributed by atoms with van der Waals surface area (Å²) >= 11 is 0. The van der Waals surface area contributed by atoms with Gasteiger partial charge in [-0.05, 0) is 44.7 Å². The van der Waals surface area contributed by atoms with Gasteiger partial charge in [0.15, 0.2) is 0 Å². The molecule has 0 spiro atoms. The third-order valence-corrected chi connectivity index (χ3v) is 5.62. The molecule has 1 unspecified atom stereocenters. The molecule has 0 fully saturated rings. The molecule has 0 radical (unpaired) electrons. The molecule has 2 rings (SSSR count). The summed E-state index contributed by atoms with van der Waals surface area (Å²) in [6, 6.07) is 15.2. The molecular weight excluding hydrogens is 494 g/mol. The van der Waals surface area contributed by atoms with Crippen LogP contribution in [0.25, 0.3) is 10.8 Å². The van der Waals surface area contributed by atoms with Gasteiger partial charge in [-0.2, -0.15) is 10.5 Å². The van der Waals surface area contributed by atoms with Crippen LogP contribution in [0.3, 0.4) is 0 Å². The number of rotatable bonds is 9. The van der Waals surface area contributed by atoms with Crippen molar-refractivity contribution in [1.29, 1.82) is 10.5 Å². The molecule has 2 aromatic carbocycles. The normalized spacial score (nSPS) is 10.2.